The molecule has 2 rings (SSSR count). The van der Waals surface area contributed by atoms with Gasteiger partial charge in [0.15, 0.2) is 0 Å². The summed E-state index contributed by atoms with van der Waals surface area (Å²) in [4.78, 5) is 30.6. The van der Waals surface area contributed by atoms with E-state index in [2.05, 4.69) is 4.98 Å². The van der Waals surface area contributed by atoms with Crippen molar-refractivity contribution in [1.29, 1.82) is 0 Å². The fraction of sp³-hybridized carbons (Fsp3) is 0.500. The Balaban J connectivity index is 2.10. The first kappa shape index (κ1) is 15.2. The number of aromatic nitrogens is 1. The zero-order valence-electron chi connectivity index (χ0n) is 11.8. The average molecular weight is 293 g/mol. The van der Waals surface area contributed by atoms with Gasteiger partial charge >= 0.3 is 12.0 Å². The molecular weight excluding hydrogens is 274 g/mol. The summed E-state index contributed by atoms with van der Waals surface area (Å²) in [5.41, 5.74) is 0.735. The van der Waals surface area contributed by atoms with Gasteiger partial charge < -0.3 is 20.0 Å². The molecule has 2 amide bonds. The van der Waals surface area contributed by atoms with Crippen molar-refractivity contribution in [1.82, 2.24) is 14.8 Å². The number of aliphatic carboxylic acids is 1. The second-order valence-corrected chi connectivity index (χ2v) is 5.01. The topological polar surface area (TPSA) is 94.0 Å². The Morgan fingerprint density at radius 3 is 2.81 bits per heavy atom. The van der Waals surface area contributed by atoms with Crippen LogP contribution in [0.15, 0.2) is 24.4 Å². The number of amides is 2. The molecule has 1 aromatic rings. The van der Waals surface area contributed by atoms with Gasteiger partial charge in [-0.05, 0) is 19.1 Å². The minimum absolute atomic E-state index is 0.0501. The first-order valence-electron chi connectivity index (χ1n) is 6.89. The summed E-state index contributed by atoms with van der Waals surface area (Å²) in [6, 6.07) is 4.08. The molecule has 1 fully saturated rings. The van der Waals surface area contributed by atoms with Gasteiger partial charge in [-0.3, -0.25) is 4.98 Å². The van der Waals surface area contributed by atoms with E-state index in [-0.39, 0.29) is 19.0 Å². The van der Waals surface area contributed by atoms with Gasteiger partial charge in [-0.1, -0.05) is 6.07 Å². The molecule has 21 heavy (non-hydrogen) atoms. The van der Waals surface area contributed by atoms with Gasteiger partial charge in [-0.15, -0.1) is 0 Å². The highest BCUT2D eigenvalue weighted by Gasteiger charge is 2.40. The molecule has 0 radical (unpaired) electrons. The quantitative estimate of drug-likeness (QED) is 0.845. The Morgan fingerprint density at radius 1 is 1.48 bits per heavy atom. The summed E-state index contributed by atoms with van der Waals surface area (Å²) in [5, 5.41) is 18.8. The van der Waals surface area contributed by atoms with Crippen molar-refractivity contribution in [3.63, 3.8) is 0 Å². The number of rotatable bonds is 4. The number of carboxylic acids is 1. The summed E-state index contributed by atoms with van der Waals surface area (Å²) < 4.78 is 0. The zero-order chi connectivity index (χ0) is 15.4. The zero-order valence-corrected chi connectivity index (χ0v) is 11.8. The molecule has 2 heterocycles. The van der Waals surface area contributed by atoms with Crippen LogP contribution in [-0.2, 0) is 11.3 Å². The number of urea groups is 1. The molecule has 2 N–H and O–H groups in total. The molecule has 7 nitrogen and oxygen atoms in total. The van der Waals surface area contributed by atoms with E-state index in [1.165, 1.54) is 9.80 Å². The van der Waals surface area contributed by atoms with Crippen LogP contribution in [-0.4, -0.2) is 62.2 Å². The molecule has 2 atom stereocenters. The van der Waals surface area contributed by atoms with Crippen molar-refractivity contribution in [2.45, 2.75) is 32.0 Å². The SMILES string of the molecule is CCN(Cc1ccccn1)C(=O)N1CC(O)C[C@H]1C(=O)O. The average Bonchev–Trinajstić information content (AvgIpc) is 2.87. The molecule has 0 aromatic carbocycles. The summed E-state index contributed by atoms with van der Waals surface area (Å²) in [5.74, 6) is -1.09. The number of carboxylic acid groups (broad SMARTS) is 1. The maximum atomic E-state index is 12.5. The monoisotopic (exact) mass is 293 g/mol. The number of nitrogens with zero attached hydrogens (tertiary/aromatic N) is 3. The molecule has 1 aliphatic heterocycles. The minimum Gasteiger partial charge on any atom is -0.480 e. The third kappa shape index (κ3) is 3.49. The highest BCUT2D eigenvalue weighted by atomic mass is 16.4. The van der Waals surface area contributed by atoms with Crippen LogP contribution < -0.4 is 0 Å². The first-order valence-corrected chi connectivity index (χ1v) is 6.89. The van der Waals surface area contributed by atoms with Crippen LogP contribution >= 0.6 is 0 Å². The van der Waals surface area contributed by atoms with Gasteiger partial charge in [0.05, 0.1) is 18.3 Å². The number of β-amino-alcohol motifs (C(OH)–C–C–N with tert-alkyl or cyclic N) is 1. The molecule has 1 aliphatic rings. The first-order chi connectivity index (χ1) is 10.0. The van der Waals surface area contributed by atoms with Crippen LogP contribution in [0, 0.1) is 0 Å². The van der Waals surface area contributed by atoms with E-state index < -0.39 is 18.1 Å². The Labute approximate surface area is 122 Å². The van der Waals surface area contributed by atoms with Crippen molar-refractivity contribution in [3.8, 4) is 0 Å². The fourth-order valence-electron chi connectivity index (χ4n) is 2.44. The van der Waals surface area contributed by atoms with Gasteiger partial charge in [0.1, 0.15) is 6.04 Å². The number of carbonyl (C=O) groups is 2. The third-order valence-electron chi connectivity index (χ3n) is 3.54. The van der Waals surface area contributed by atoms with Crippen molar-refractivity contribution >= 4 is 12.0 Å². The summed E-state index contributed by atoms with van der Waals surface area (Å²) in [6.45, 7) is 2.63. The van der Waals surface area contributed by atoms with Crippen LogP contribution in [0.3, 0.4) is 0 Å². The van der Waals surface area contributed by atoms with E-state index in [4.69, 9.17) is 5.11 Å². The molecule has 1 aromatic heterocycles. The van der Waals surface area contributed by atoms with Gasteiger partial charge in [0.2, 0.25) is 0 Å². The Morgan fingerprint density at radius 2 is 2.24 bits per heavy atom. The van der Waals surface area contributed by atoms with E-state index in [1.54, 1.807) is 12.3 Å². The van der Waals surface area contributed by atoms with Crippen molar-refractivity contribution < 1.29 is 19.8 Å². The van der Waals surface area contributed by atoms with Crippen LogP contribution in [0.5, 0.6) is 0 Å². The lowest BCUT2D eigenvalue weighted by Crippen LogP contribution is -2.48. The van der Waals surface area contributed by atoms with E-state index in [9.17, 15) is 14.7 Å². The summed E-state index contributed by atoms with van der Waals surface area (Å²) in [6.07, 6.45) is 0.929. The number of carbonyl (C=O) groups excluding carboxylic acids is 1. The Kier molecular flexibility index (Phi) is 4.74. The van der Waals surface area contributed by atoms with Crippen molar-refractivity contribution in [2.75, 3.05) is 13.1 Å². The molecular formula is C14H19N3O4. The lowest BCUT2D eigenvalue weighted by atomic mass is 10.2. The molecule has 0 spiro atoms. The Bertz CT molecular complexity index is 508. The number of likely N-dealkylation sites (tertiary alicyclic amines) is 1. The van der Waals surface area contributed by atoms with Gasteiger partial charge in [-0.25, -0.2) is 9.59 Å². The molecule has 1 saturated heterocycles. The Hall–Kier alpha value is -2.15. The standard InChI is InChI=1S/C14H19N3O4/c1-2-16(8-10-5-3-4-6-15-10)14(21)17-9-11(18)7-12(17)13(19)20/h3-6,11-12,18H,2,7-9H2,1H3,(H,19,20)/t11?,12-/m0/s1. The van der Waals surface area contributed by atoms with E-state index >= 15 is 0 Å². The van der Waals surface area contributed by atoms with Crippen LogP contribution in [0.25, 0.3) is 0 Å². The molecule has 114 valence electrons. The molecule has 0 bridgehead atoms. The number of hydrogen-bond donors (Lipinski definition) is 2. The summed E-state index contributed by atoms with van der Waals surface area (Å²) in [7, 11) is 0. The second-order valence-electron chi connectivity index (χ2n) is 5.01. The fourth-order valence-corrected chi connectivity index (χ4v) is 2.44. The number of aliphatic hydroxyl groups excluding tert-OH is 1. The maximum Gasteiger partial charge on any atom is 0.326 e. The molecule has 0 saturated carbocycles. The van der Waals surface area contributed by atoms with E-state index in [1.807, 2.05) is 19.1 Å². The number of hydrogen-bond acceptors (Lipinski definition) is 4. The predicted octanol–water partition coefficient (Wildman–Crippen LogP) is 0.543. The van der Waals surface area contributed by atoms with Crippen LogP contribution in [0.2, 0.25) is 0 Å². The normalized spacial score (nSPS) is 21.3. The molecule has 0 aliphatic carbocycles. The van der Waals surface area contributed by atoms with E-state index in [0.29, 0.717) is 13.1 Å². The lowest BCUT2D eigenvalue weighted by molar-refractivity contribution is -0.141. The summed E-state index contributed by atoms with van der Waals surface area (Å²) >= 11 is 0. The smallest absolute Gasteiger partial charge is 0.326 e. The minimum atomic E-state index is -1.09. The van der Waals surface area contributed by atoms with Crippen molar-refractivity contribution in [3.05, 3.63) is 30.1 Å². The number of aliphatic hydroxyl groups is 1. The number of pyridine rings is 1. The van der Waals surface area contributed by atoms with E-state index in [0.717, 1.165) is 5.69 Å². The predicted molar refractivity (Wildman–Crippen MR) is 74.5 cm³/mol. The lowest BCUT2D eigenvalue weighted by Gasteiger charge is -2.29. The molecule has 1 unspecified atom stereocenters. The maximum absolute atomic E-state index is 12.5. The second kappa shape index (κ2) is 6.53. The van der Waals surface area contributed by atoms with Crippen LogP contribution in [0.1, 0.15) is 19.0 Å². The highest BCUT2D eigenvalue weighted by Crippen LogP contribution is 2.20. The van der Waals surface area contributed by atoms with Crippen LogP contribution in [0.4, 0.5) is 4.79 Å². The van der Waals surface area contributed by atoms with Crippen molar-refractivity contribution in [2.24, 2.45) is 0 Å². The van der Waals surface area contributed by atoms with Gasteiger partial charge in [-0.2, -0.15) is 0 Å². The largest absolute Gasteiger partial charge is 0.480 e. The highest BCUT2D eigenvalue weighted by molar-refractivity contribution is 5.83. The van der Waals surface area contributed by atoms with Gasteiger partial charge in [0, 0.05) is 25.7 Å². The third-order valence-corrected chi connectivity index (χ3v) is 3.54. The molecule has 7 heteroatoms. The van der Waals surface area contributed by atoms with Gasteiger partial charge in [0.25, 0.3) is 0 Å².